The summed E-state index contributed by atoms with van der Waals surface area (Å²) < 4.78 is 0. The van der Waals surface area contributed by atoms with Gasteiger partial charge in [-0.3, -0.25) is 24.0 Å². The van der Waals surface area contributed by atoms with Crippen LogP contribution in [-0.4, -0.2) is 103 Å². The van der Waals surface area contributed by atoms with Crippen LogP contribution in [0.4, 0.5) is 0 Å². The van der Waals surface area contributed by atoms with Crippen molar-refractivity contribution in [3.63, 3.8) is 0 Å². The first-order chi connectivity index (χ1) is 20.8. The Morgan fingerprint density at radius 3 is 2.07 bits per heavy atom. The van der Waals surface area contributed by atoms with Gasteiger partial charge in [0.25, 0.3) is 0 Å². The number of hydrogen-bond donors (Lipinski definition) is 8. The van der Waals surface area contributed by atoms with Gasteiger partial charge < -0.3 is 41.5 Å². The Morgan fingerprint density at radius 2 is 1.50 bits per heavy atom. The van der Waals surface area contributed by atoms with Crippen molar-refractivity contribution < 1.29 is 49.5 Å². The van der Waals surface area contributed by atoms with E-state index in [4.69, 9.17) is 15.9 Å². The molecule has 13 nitrogen and oxygen atoms in total. The number of carboxylic acids is 3. The number of aliphatic hydroxyl groups excluding tert-OH is 2. The average Bonchev–Trinajstić information content (AvgIpc) is 2.97. The standard InChI is InChI=1S/C30H49N3O10S/c1-2-3-4-5-6-10-13-24(25(35)17-15-21(34)12-9-7-8-11-14-27(37)38)33(19-28(39)40)29(41)23(20-44)32-26(36)18-16-22(31)30(42)43/h6-7,9-10,15,17,21-25,34-35,44H,2-5,8,11-14,16,18-20,31H2,1H3,(H,32,36)(H,37,38)(H,39,40)(H,42,43)/b9-7-,10-6-,17-15+/t21?,22-,23-,24+,25-/m0/s1. The van der Waals surface area contributed by atoms with Crippen LogP contribution in [0.15, 0.2) is 36.5 Å². The van der Waals surface area contributed by atoms with Gasteiger partial charge in [0.2, 0.25) is 11.8 Å². The van der Waals surface area contributed by atoms with Crippen LogP contribution in [0, 0.1) is 0 Å². The predicted molar refractivity (Wildman–Crippen MR) is 168 cm³/mol. The fourth-order valence-electron chi connectivity index (χ4n) is 4.06. The van der Waals surface area contributed by atoms with E-state index in [1.807, 2.05) is 6.08 Å². The number of unbranched alkanes of at least 4 members (excludes halogenated alkanes) is 4. The van der Waals surface area contributed by atoms with Gasteiger partial charge in [-0.1, -0.05) is 56.2 Å². The zero-order valence-corrected chi connectivity index (χ0v) is 26.2. The van der Waals surface area contributed by atoms with Crippen molar-refractivity contribution in [2.24, 2.45) is 5.73 Å². The monoisotopic (exact) mass is 643 g/mol. The summed E-state index contributed by atoms with van der Waals surface area (Å²) >= 11 is 4.14. The summed E-state index contributed by atoms with van der Waals surface area (Å²) in [5.41, 5.74) is 5.44. The van der Waals surface area contributed by atoms with Gasteiger partial charge in [0.1, 0.15) is 18.6 Å². The molecule has 44 heavy (non-hydrogen) atoms. The van der Waals surface area contributed by atoms with Crippen LogP contribution in [0.1, 0.15) is 77.6 Å². The van der Waals surface area contributed by atoms with E-state index in [0.717, 1.165) is 30.6 Å². The molecule has 0 saturated heterocycles. The number of amides is 2. The molecule has 250 valence electrons. The second-order valence-electron chi connectivity index (χ2n) is 10.4. The predicted octanol–water partition coefficient (Wildman–Crippen LogP) is 1.88. The second-order valence-corrected chi connectivity index (χ2v) is 10.7. The lowest BCUT2D eigenvalue weighted by Gasteiger charge is -2.35. The molecule has 0 bridgehead atoms. The molecule has 5 atom stereocenters. The topological polar surface area (TPSA) is 228 Å². The quantitative estimate of drug-likeness (QED) is 0.0407. The number of nitrogens with two attached hydrogens (primary N) is 1. The van der Waals surface area contributed by atoms with Crippen LogP contribution in [0.2, 0.25) is 0 Å². The highest BCUT2D eigenvalue weighted by molar-refractivity contribution is 7.80. The highest BCUT2D eigenvalue weighted by Gasteiger charge is 2.34. The van der Waals surface area contributed by atoms with Gasteiger partial charge in [-0.15, -0.1) is 0 Å². The van der Waals surface area contributed by atoms with Gasteiger partial charge in [-0.05, 0) is 44.9 Å². The Balaban J connectivity index is 5.83. The van der Waals surface area contributed by atoms with E-state index in [0.29, 0.717) is 12.8 Å². The Bertz CT molecular complexity index is 988. The van der Waals surface area contributed by atoms with E-state index < -0.39 is 66.6 Å². The Morgan fingerprint density at radius 1 is 0.864 bits per heavy atom. The summed E-state index contributed by atoms with van der Waals surface area (Å²) in [7, 11) is 0. The fourth-order valence-corrected chi connectivity index (χ4v) is 4.30. The fraction of sp³-hybridized carbons (Fsp3) is 0.633. The lowest BCUT2D eigenvalue weighted by atomic mass is 10.0. The zero-order chi connectivity index (χ0) is 33.5. The SMILES string of the molecule is CCCCC/C=C\C[C@H]([C@@H](O)/C=C/C(O)C/C=C\CCCC(=O)O)N(CC(=O)O)C(=O)[C@H](CS)NC(=O)CC[C@H](N)C(=O)O. The molecule has 0 rings (SSSR count). The summed E-state index contributed by atoms with van der Waals surface area (Å²) in [5.74, 6) is -5.20. The second kappa shape index (κ2) is 24.2. The molecular weight excluding hydrogens is 594 g/mol. The number of nitrogens with one attached hydrogen (secondary N) is 1. The summed E-state index contributed by atoms with van der Waals surface area (Å²) in [6.07, 6.45) is 11.9. The van der Waals surface area contributed by atoms with E-state index in [1.165, 1.54) is 12.2 Å². The van der Waals surface area contributed by atoms with Gasteiger partial charge in [0, 0.05) is 18.6 Å². The van der Waals surface area contributed by atoms with Crippen LogP contribution in [0.3, 0.4) is 0 Å². The van der Waals surface area contributed by atoms with E-state index in [1.54, 1.807) is 18.2 Å². The third kappa shape index (κ3) is 19.2. The van der Waals surface area contributed by atoms with Crippen molar-refractivity contribution in [3.05, 3.63) is 36.5 Å². The molecule has 0 saturated carbocycles. The Hall–Kier alpha value is -3.20. The highest BCUT2D eigenvalue weighted by Crippen LogP contribution is 2.16. The molecule has 1 unspecified atom stereocenters. The number of carbonyl (C=O) groups is 5. The minimum absolute atomic E-state index is 0.0373. The molecule has 0 fully saturated rings. The maximum atomic E-state index is 13.5. The van der Waals surface area contributed by atoms with Crippen molar-refractivity contribution in [2.75, 3.05) is 12.3 Å². The van der Waals surface area contributed by atoms with Gasteiger partial charge in [0.15, 0.2) is 0 Å². The molecule has 0 heterocycles. The minimum atomic E-state index is -1.39. The molecule has 2 amide bonds. The number of carbonyl (C=O) groups excluding carboxylic acids is 2. The average molecular weight is 644 g/mol. The number of rotatable bonds is 25. The molecule has 14 heteroatoms. The van der Waals surface area contributed by atoms with Crippen molar-refractivity contribution in [1.29, 1.82) is 0 Å². The first-order valence-electron chi connectivity index (χ1n) is 14.8. The molecule has 0 aromatic rings. The number of aliphatic hydroxyl groups is 2. The molecule has 0 aliphatic rings. The van der Waals surface area contributed by atoms with E-state index in [9.17, 15) is 39.3 Å². The van der Waals surface area contributed by atoms with Gasteiger partial charge in [-0.25, -0.2) is 0 Å². The number of thiol groups is 1. The van der Waals surface area contributed by atoms with E-state index in [-0.39, 0.29) is 37.9 Å². The van der Waals surface area contributed by atoms with Crippen molar-refractivity contribution in [3.8, 4) is 0 Å². The molecular formula is C30H49N3O10S. The molecule has 0 aromatic carbocycles. The maximum absolute atomic E-state index is 13.5. The number of carboxylic acid groups (broad SMARTS) is 3. The molecule has 8 N–H and O–H groups in total. The van der Waals surface area contributed by atoms with E-state index in [2.05, 4.69) is 24.9 Å². The third-order valence-electron chi connectivity index (χ3n) is 6.55. The van der Waals surface area contributed by atoms with Crippen molar-refractivity contribution >= 4 is 42.4 Å². The number of aliphatic carboxylic acids is 3. The number of hydrogen-bond acceptors (Lipinski definition) is 9. The first-order valence-corrected chi connectivity index (χ1v) is 15.4. The lowest BCUT2D eigenvalue weighted by molar-refractivity contribution is -0.148. The van der Waals surface area contributed by atoms with Gasteiger partial charge >= 0.3 is 17.9 Å². The molecule has 0 aliphatic carbocycles. The maximum Gasteiger partial charge on any atom is 0.323 e. The van der Waals surface area contributed by atoms with Crippen LogP contribution < -0.4 is 11.1 Å². The van der Waals surface area contributed by atoms with Crippen LogP contribution in [0.5, 0.6) is 0 Å². The summed E-state index contributed by atoms with van der Waals surface area (Å²) in [4.78, 5) is 60.2. The number of allylic oxidation sites excluding steroid dienone is 2. The Kier molecular flexibility index (Phi) is 22.4. The normalized spacial score (nSPS) is 15.2. The smallest absolute Gasteiger partial charge is 0.323 e. The highest BCUT2D eigenvalue weighted by atomic mass is 32.1. The summed E-state index contributed by atoms with van der Waals surface area (Å²) in [5, 5.41) is 51.1. The summed E-state index contributed by atoms with van der Waals surface area (Å²) in [6, 6.07) is -3.61. The molecule has 0 aliphatic heterocycles. The van der Waals surface area contributed by atoms with Crippen LogP contribution in [0.25, 0.3) is 0 Å². The summed E-state index contributed by atoms with van der Waals surface area (Å²) in [6.45, 7) is 1.28. The number of nitrogens with zero attached hydrogens (tertiary/aromatic N) is 1. The zero-order valence-electron chi connectivity index (χ0n) is 25.3. The molecule has 0 aromatic heterocycles. The first kappa shape index (κ1) is 40.8. The van der Waals surface area contributed by atoms with Crippen LogP contribution >= 0.6 is 12.6 Å². The third-order valence-corrected chi connectivity index (χ3v) is 6.92. The van der Waals surface area contributed by atoms with Gasteiger partial charge in [0.05, 0.1) is 18.2 Å². The molecule has 0 radical (unpaired) electrons. The van der Waals surface area contributed by atoms with Crippen molar-refractivity contribution in [1.82, 2.24) is 10.2 Å². The lowest BCUT2D eigenvalue weighted by Crippen LogP contribution is -2.56. The van der Waals surface area contributed by atoms with E-state index >= 15 is 0 Å². The van der Waals surface area contributed by atoms with Crippen molar-refractivity contribution in [2.45, 2.75) is 108 Å². The molecule has 0 spiro atoms. The van der Waals surface area contributed by atoms with Gasteiger partial charge in [-0.2, -0.15) is 12.6 Å². The minimum Gasteiger partial charge on any atom is -0.481 e. The Labute approximate surface area is 264 Å². The van der Waals surface area contributed by atoms with Crippen LogP contribution in [-0.2, 0) is 24.0 Å². The largest absolute Gasteiger partial charge is 0.481 e.